The molecule has 0 bridgehead atoms. The summed E-state index contributed by atoms with van der Waals surface area (Å²) in [5, 5.41) is 3.68. The molecule has 0 atom stereocenters. The summed E-state index contributed by atoms with van der Waals surface area (Å²) < 4.78 is 31.3. The number of likely N-dealkylation sites (N-methyl/N-ethyl adjacent to an activating group) is 1. The van der Waals surface area contributed by atoms with Gasteiger partial charge in [-0.3, -0.25) is 4.79 Å². The Kier molecular flexibility index (Phi) is 7.87. The zero-order valence-corrected chi connectivity index (χ0v) is 20.6. The van der Waals surface area contributed by atoms with E-state index in [0.29, 0.717) is 28.2 Å². The molecule has 8 nitrogen and oxygen atoms in total. The molecule has 0 saturated heterocycles. The molecule has 1 saturated carbocycles. The van der Waals surface area contributed by atoms with Crippen LogP contribution in [0.4, 0.5) is 15.9 Å². The van der Waals surface area contributed by atoms with Gasteiger partial charge in [0, 0.05) is 31.7 Å². The number of carbonyl (C=O) groups is 1. The van der Waals surface area contributed by atoms with Crippen LogP contribution in [0.2, 0.25) is 5.02 Å². The summed E-state index contributed by atoms with van der Waals surface area (Å²) in [5.74, 6) is 0.939. The molecule has 1 fully saturated rings. The van der Waals surface area contributed by atoms with Crippen LogP contribution in [0, 0.1) is 5.82 Å². The van der Waals surface area contributed by atoms with Gasteiger partial charge in [0.2, 0.25) is 5.91 Å². The van der Waals surface area contributed by atoms with Gasteiger partial charge >= 0.3 is 0 Å². The SMILES string of the molecule is COCC(=O)N(C)[C@H]1CC[C@@H](Oc2cc3c(Nc4cccc(Cl)c4F)ncnc3cc2OC)CC1. The molecule has 2 aromatic carbocycles. The molecule has 0 radical (unpaired) electrons. The van der Waals surface area contributed by atoms with E-state index in [1.165, 1.54) is 19.5 Å². The first-order chi connectivity index (χ1) is 16.9. The highest BCUT2D eigenvalue weighted by Crippen LogP contribution is 2.37. The molecule has 186 valence electrons. The Bertz CT molecular complexity index is 1200. The van der Waals surface area contributed by atoms with Crippen molar-refractivity contribution in [2.45, 2.75) is 37.8 Å². The number of nitrogens with one attached hydrogen (secondary N) is 1. The van der Waals surface area contributed by atoms with E-state index < -0.39 is 5.82 Å². The second-order valence-corrected chi connectivity index (χ2v) is 8.86. The first-order valence-corrected chi connectivity index (χ1v) is 11.7. The van der Waals surface area contributed by atoms with Crippen molar-refractivity contribution in [3.8, 4) is 11.5 Å². The van der Waals surface area contributed by atoms with Gasteiger partial charge < -0.3 is 24.4 Å². The quantitative estimate of drug-likeness (QED) is 0.465. The summed E-state index contributed by atoms with van der Waals surface area (Å²) >= 11 is 5.92. The molecule has 1 aliphatic carbocycles. The highest BCUT2D eigenvalue weighted by atomic mass is 35.5. The third-order valence-electron chi connectivity index (χ3n) is 6.27. The van der Waals surface area contributed by atoms with Crippen molar-refractivity contribution in [1.82, 2.24) is 14.9 Å². The molecule has 1 N–H and O–H groups in total. The number of fused-ring (bicyclic) bond motifs is 1. The molecule has 0 spiro atoms. The maximum absolute atomic E-state index is 14.5. The Balaban J connectivity index is 1.54. The summed E-state index contributed by atoms with van der Waals surface area (Å²) in [7, 11) is 4.91. The van der Waals surface area contributed by atoms with Gasteiger partial charge in [0.15, 0.2) is 17.3 Å². The number of amides is 1. The number of hydrogen-bond acceptors (Lipinski definition) is 7. The van der Waals surface area contributed by atoms with E-state index in [1.807, 2.05) is 7.05 Å². The third-order valence-corrected chi connectivity index (χ3v) is 6.56. The fraction of sp³-hybridized carbons (Fsp3) is 0.400. The Labute approximate surface area is 208 Å². The molecule has 1 amide bonds. The van der Waals surface area contributed by atoms with Gasteiger partial charge in [0.05, 0.1) is 29.4 Å². The van der Waals surface area contributed by atoms with Gasteiger partial charge in [-0.05, 0) is 43.9 Å². The Morgan fingerprint density at radius 1 is 1.17 bits per heavy atom. The molecule has 10 heteroatoms. The molecule has 1 heterocycles. The van der Waals surface area contributed by atoms with Gasteiger partial charge in [-0.15, -0.1) is 0 Å². The standard InChI is InChI=1S/C25H28ClFN4O4/c1-31(23(32)13-33-2)15-7-9-16(10-8-15)35-22-11-17-20(12-21(22)34-3)28-14-29-25(17)30-19-6-4-5-18(26)24(19)27/h4-6,11-12,14-16H,7-10,13H2,1-3H3,(H,28,29,30)/t15-,16+. The van der Waals surface area contributed by atoms with Gasteiger partial charge in [0.25, 0.3) is 0 Å². The Morgan fingerprint density at radius 2 is 1.94 bits per heavy atom. The lowest BCUT2D eigenvalue weighted by Crippen LogP contribution is -2.42. The molecular formula is C25H28ClFN4O4. The van der Waals surface area contributed by atoms with Crippen LogP contribution in [0.25, 0.3) is 10.9 Å². The van der Waals surface area contributed by atoms with Crippen LogP contribution in [0.5, 0.6) is 11.5 Å². The van der Waals surface area contributed by atoms with Crippen LogP contribution in [0.3, 0.4) is 0 Å². The third kappa shape index (κ3) is 5.57. The average Bonchev–Trinajstić information content (AvgIpc) is 2.87. The van der Waals surface area contributed by atoms with Crippen molar-refractivity contribution in [3.63, 3.8) is 0 Å². The van der Waals surface area contributed by atoms with E-state index in [9.17, 15) is 9.18 Å². The number of nitrogens with zero attached hydrogens (tertiary/aromatic N) is 3. The van der Waals surface area contributed by atoms with E-state index in [1.54, 1.807) is 36.3 Å². The molecule has 3 aromatic rings. The van der Waals surface area contributed by atoms with Crippen molar-refractivity contribution in [2.24, 2.45) is 0 Å². The lowest BCUT2D eigenvalue weighted by molar-refractivity contribution is -0.136. The van der Waals surface area contributed by atoms with Gasteiger partial charge in [-0.2, -0.15) is 0 Å². The van der Waals surface area contributed by atoms with Crippen LogP contribution < -0.4 is 14.8 Å². The summed E-state index contributed by atoms with van der Waals surface area (Å²) in [5.41, 5.74) is 0.831. The fourth-order valence-corrected chi connectivity index (χ4v) is 4.48. The number of carbonyl (C=O) groups excluding carboxylic acids is 1. The second-order valence-electron chi connectivity index (χ2n) is 8.45. The van der Waals surface area contributed by atoms with E-state index in [2.05, 4.69) is 15.3 Å². The minimum Gasteiger partial charge on any atom is -0.493 e. The zero-order chi connectivity index (χ0) is 24.9. The predicted octanol–water partition coefficient (Wildman–Crippen LogP) is 4.97. The number of aromatic nitrogens is 2. The minimum absolute atomic E-state index is 0.0178. The number of methoxy groups -OCH3 is 2. The maximum atomic E-state index is 14.5. The van der Waals surface area contributed by atoms with Crippen molar-refractivity contribution in [2.75, 3.05) is 33.2 Å². The zero-order valence-electron chi connectivity index (χ0n) is 19.9. The van der Waals surface area contributed by atoms with Gasteiger partial charge in [0.1, 0.15) is 18.8 Å². The lowest BCUT2D eigenvalue weighted by atomic mass is 9.92. The van der Waals surface area contributed by atoms with Crippen LogP contribution in [-0.4, -0.2) is 60.8 Å². The Hall–Kier alpha value is -3.17. The molecule has 0 aliphatic heterocycles. The predicted molar refractivity (Wildman–Crippen MR) is 132 cm³/mol. The van der Waals surface area contributed by atoms with Crippen molar-refractivity contribution in [1.29, 1.82) is 0 Å². The molecule has 1 aliphatic rings. The van der Waals surface area contributed by atoms with Crippen molar-refractivity contribution < 1.29 is 23.4 Å². The lowest BCUT2D eigenvalue weighted by Gasteiger charge is -2.34. The monoisotopic (exact) mass is 502 g/mol. The topological polar surface area (TPSA) is 85.8 Å². The Morgan fingerprint density at radius 3 is 2.66 bits per heavy atom. The highest BCUT2D eigenvalue weighted by molar-refractivity contribution is 6.31. The maximum Gasteiger partial charge on any atom is 0.248 e. The van der Waals surface area contributed by atoms with Gasteiger partial charge in [-0.1, -0.05) is 17.7 Å². The number of rotatable bonds is 8. The summed E-state index contributed by atoms with van der Waals surface area (Å²) in [6.07, 6.45) is 4.61. The number of halogens is 2. The molecule has 1 aromatic heterocycles. The molecule has 35 heavy (non-hydrogen) atoms. The van der Waals surface area contributed by atoms with Crippen molar-refractivity contribution in [3.05, 3.63) is 47.5 Å². The minimum atomic E-state index is -0.559. The first kappa shape index (κ1) is 24.9. The normalized spacial score (nSPS) is 17.7. The van der Waals surface area contributed by atoms with Crippen LogP contribution in [0.1, 0.15) is 25.7 Å². The summed E-state index contributed by atoms with van der Waals surface area (Å²) in [6, 6.07) is 8.46. The first-order valence-electron chi connectivity index (χ1n) is 11.4. The smallest absolute Gasteiger partial charge is 0.248 e. The molecule has 0 unspecified atom stereocenters. The highest BCUT2D eigenvalue weighted by Gasteiger charge is 2.28. The fourth-order valence-electron chi connectivity index (χ4n) is 4.30. The number of benzene rings is 2. The number of anilines is 2. The van der Waals surface area contributed by atoms with E-state index in [-0.39, 0.29) is 35.4 Å². The largest absolute Gasteiger partial charge is 0.493 e. The van der Waals surface area contributed by atoms with E-state index >= 15 is 0 Å². The van der Waals surface area contributed by atoms with Gasteiger partial charge in [-0.25, -0.2) is 14.4 Å². The summed E-state index contributed by atoms with van der Waals surface area (Å²) in [4.78, 5) is 22.5. The molecular weight excluding hydrogens is 475 g/mol. The van der Waals surface area contributed by atoms with E-state index in [0.717, 1.165) is 25.7 Å². The molecule has 4 rings (SSSR count). The van der Waals surface area contributed by atoms with E-state index in [4.69, 9.17) is 25.8 Å². The van der Waals surface area contributed by atoms with Crippen LogP contribution >= 0.6 is 11.6 Å². The summed E-state index contributed by atoms with van der Waals surface area (Å²) in [6.45, 7) is 0.0821. The second kappa shape index (κ2) is 11.0. The van der Waals surface area contributed by atoms with Crippen LogP contribution in [0.15, 0.2) is 36.7 Å². The van der Waals surface area contributed by atoms with Crippen molar-refractivity contribution >= 4 is 39.9 Å². The number of ether oxygens (including phenoxy) is 3. The average molecular weight is 503 g/mol. The number of hydrogen-bond donors (Lipinski definition) is 1. The van der Waals surface area contributed by atoms with Crippen LogP contribution in [-0.2, 0) is 9.53 Å².